The molecule has 1 aromatic carbocycles. The van der Waals surface area contributed by atoms with Gasteiger partial charge in [-0.2, -0.15) is 4.31 Å². The Morgan fingerprint density at radius 3 is 2.35 bits per heavy atom. The Balaban J connectivity index is 1.43. The molecule has 0 radical (unpaired) electrons. The lowest BCUT2D eigenvalue weighted by Gasteiger charge is -2.49. The fraction of sp³-hybridized carbons (Fsp3) is 0.545. The van der Waals surface area contributed by atoms with Crippen molar-refractivity contribution in [1.29, 1.82) is 0 Å². The molecule has 168 valence electrons. The quantitative estimate of drug-likeness (QED) is 0.733. The number of aryl methyl sites for hydroxylation is 1. The first-order valence-corrected chi connectivity index (χ1v) is 12.4. The summed E-state index contributed by atoms with van der Waals surface area (Å²) in [6.07, 6.45) is 8.58. The number of carbonyl (C=O) groups is 1. The summed E-state index contributed by atoms with van der Waals surface area (Å²) in [5.74, 6) is -0.0538. The standard InChI is InChI=1S/C22H31N5O3S/c1-25-16-20(24-18-25)31(29,30)27-14-12-26(13-15-27)22(10-6-3-7-11-22)17-23-21(28)19-8-4-2-5-9-19/h2,4-5,8-9,16,18H,3,6-7,10-15,17H2,1H3,(H,23,28). The van der Waals surface area contributed by atoms with E-state index in [0.717, 1.165) is 25.7 Å². The van der Waals surface area contributed by atoms with E-state index >= 15 is 0 Å². The van der Waals surface area contributed by atoms with E-state index in [1.54, 1.807) is 17.8 Å². The van der Waals surface area contributed by atoms with Gasteiger partial charge in [0, 0.05) is 57.1 Å². The van der Waals surface area contributed by atoms with Gasteiger partial charge in [-0.3, -0.25) is 9.69 Å². The van der Waals surface area contributed by atoms with Crippen LogP contribution in [-0.2, 0) is 17.1 Å². The number of benzene rings is 1. The number of amides is 1. The summed E-state index contributed by atoms with van der Waals surface area (Å²) in [4.78, 5) is 19.1. The molecule has 4 rings (SSSR count). The predicted molar refractivity (Wildman–Crippen MR) is 118 cm³/mol. The molecule has 31 heavy (non-hydrogen) atoms. The van der Waals surface area contributed by atoms with Gasteiger partial charge in [0.15, 0.2) is 5.03 Å². The molecule has 1 N–H and O–H groups in total. The minimum atomic E-state index is -3.57. The molecule has 1 aliphatic carbocycles. The molecule has 1 saturated carbocycles. The van der Waals surface area contributed by atoms with E-state index in [-0.39, 0.29) is 16.5 Å². The van der Waals surface area contributed by atoms with E-state index in [1.165, 1.54) is 17.1 Å². The first-order valence-electron chi connectivity index (χ1n) is 11.0. The van der Waals surface area contributed by atoms with Gasteiger partial charge in [-0.25, -0.2) is 13.4 Å². The third-order valence-electron chi connectivity index (χ3n) is 6.59. The van der Waals surface area contributed by atoms with Crippen molar-refractivity contribution in [2.45, 2.75) is 42.7 Å². The highest BCUT2D eigenvalue weighted by atomic mass is 32.2. The van der Waals surface area contributed by atoms with Crippen LogP contribution in [0, 0.1) is 0 Å². The Kier molecular flexibility index (Phi) is 6.45. The lowest BCUT2D eigenvalue weighted by Crippen LogP contribution is -2.62. The van der Waals surface area contributed by atoms with Gasteiger partial charge in [0.25, 0.3) is 15.9 Å². The molecule has 0 spiro atoms. The van der Waals surface area contributed by atoms with Gasteiger partial charge in [-0.1, -0.05) is 37.5 Å². The summed E-state index contributed by atoms with van der Waals surface area (Å²) in [7, 11) is -1.81. The van der Waals surface area contributed by atoms with Crippen LogP contribution in [0.25, 0.3) is 0 Å². The summed E-state index contributed by atoms with van der Waals surface area (Å²) in [5, 5.41) is 3.25. The summed E-state index contributed by atoms with van der Waals surface area (Å²) < 4.78 is 29.0. The third kappa shape index (κ3) is 4.68. The van der Waals surface area contributed by atoms with Crippen molar-refractivity contribution < 1.29 is 13.2 Å². The lowest BCUT2D eigenvalue weighted by molar-refractivity contribution is 0.0240. The van der Waals surface area contributed by atoms with Crippen LogP contribution in [-0.4, -0.2) is 71.3 Å². The molecule has 0 atom stereocenters. The molecule has 1 amide bonds. The van der Waals surface area contributed by atoms with E-state index < -0.39 is 10.0 Å². The molecule has 1 aromatic heterocycles. The second-order valence-electron chi connectivity index (χ2n) is 8.60. The van der Waals surface area contributed by atoms with Crippen LogP contribution < -0.4 is 5.32 Å². The van der Waals surface area contributed by atoms with Crippen molar-refractivity contribution in [2.24, 2.45) is 7.05 Å². The Morgan fingerprint density at radius 1 is 1.06 bits per heavy atom. The maximum atomic E-state index is 12.9. The van der Waals surface area contributed by atoms with E-state index in [9.17, 15) is 13.2 Å². The summed E-state index contributed by atoms with van der Waals surface area (Å²) in [5.41, 5.74) is 0.559. The van der Waals surface area contributed by atoms with E-state index in [0.29, 0.717) is 38.3 Å². The highest BCUT2D eigenvalue weighted by Crippen LogP contribution is 2.34. The lowest BCUT2D eigenvalue weighted by atomic mass is 9.79. The molecule has 2 heterocycles. The average molecular weight is 446 g/mol. The number of rotatable bonds is 6. The summed E-state index contributed by atoms with van der Waals surface area (Å²) >= 11 is 0. The van der Waals surface area contributed by atoms with Crippen LogP contribution in [0.2, 0.25) is 0 Å². The zero-order valence-electron chi connectivity index (χ0n) is 18.0. The van der Waals surface area contributed by atoms with Crippen LogP contribution in [0.4, 0.5) is 0 Å². The van der Waals surface area contributed by atoms with Crippen LogP contribution in [0.1, 0.15) is 42.5 Å². The number of nitrogens with one attached hydrogen (secondary N) is 1. The number of hydrogen-bond donors (Lipinski definition) is 1. The first-order chi connectivity index (χ1) is 14.9. The topological polar surface area (TPSA) is 87.5 Å². The van der Waals surface area contributed by atoms with Crippen LogP contribution in [0.15, 0.2) is 47.9 Å². The molecular formula is C22H31N5O3S. The number of piperazine rings is 1. The van der Waals surface area contributed by atoms with Gasteiger partial charge in [0.1, 0.15) is 0 Å². The van der Waals surface area contributed by atoms with Gasteiger partial charge < -0.3 is 9.88 Å². The van der Waals surface area contributed by atoms with Gasteiger partial charge in [-0.15, -0.1) is 0 Å². The van der Waals surface area contributed by atoms with E-state index in [2.05, 4.69) is 15.2 Å². The number of sulfonamides is 1. The Labute approximate surface area is 184 Å². The van der Waals surface area contributed by atoms with Crippen LogP contribution in [0.3, 0.4) is 0 Å². The second-order valence-corrected chi connectivity index (χ2v) is 10.5. The fourth-order valence-corrected chi connectivity index (χ4v) is 6.20. The molecule has 0 bridgehead atoms. The van der Waals surface area contributed by atoms with E-state index in [4.69, 9.17) is 0 Å². The normalized spacial score (nSPS) is 20.4. The largest absolute Gasteiger partial charge is 0.350 e. The number of hydrogen-bond acceptors (Lipinski definition) is 5. The number of carbonyl (C=O) groups excluding carboxylic acids is 1. The molecule has 0 unspecified atom stereocenters. The van der Waals surface area contributed by atoms with Crippen molar-refractivity contribution in [2.75, 3.05) is 32.7 Å². The third-order valence-corrected chi connectivity index (χ3v) is 8.38. The minimum Gasteiger partial charge on any atom is -0.350 e. The van der Waals surface area contributed by atoms with Crippen molar-refractivity contribution in [3.05, 3.63) is 48.4 Å². The SMILES string of the molecule is Cn1cnc(S(=O)(=O)N2CCN(C3(CNC(=O)c4ccccc4)CCCCC3)CC2)c1. The number of nitrogens with zero attached hydrogens (tertiary/aromatic N) is 4. The van der Waals surface area contributed by atoms with Gasteiger partial charge in [0.05, 0.1) is 6.33 Å². The van der Waals surface area contributed by atoms with Crippen molar-refractivity contribution in [1.82, 2.24) is 24.1 Å². The Bertz CT molecular complexity index is 991. The smallest absolute Gasteiger partial charge is 0.262 e. The molecule has 2 aliphatic rings. The molecule has 2 aromatic rings. The molecule has 1 aliphatic heterocycles. The number of aromatic nitrogens is 2. The van der Waals surface area contributed by atoms with Crippen LogP contribution >= 0.6 is 0 Å². The van der Waals surface area contributed by atoms with Gasteiger partial charge in [0.2, 0.25) is 0 Å². The maximum absolute atomic E-state index is 12.9. The zero-order valence-corrected chi connectivity index (χ0v) is 18.9. The van der Waals surface area contributed by atoms with E-state index in [1.807, 2.05) is 30.3 Å². The van der Waals surface area contributed by atoms with Crippen molar-refractivity contribution >= 4 is 15.9 Å². The summed E-state index contributed by atoms with van der Waals surface area (Å²) in [6.45, 7) is 2.79. The number of imidazole rings is 1. The minimum absolute atomic E-state index is 0.0538. The van der Waals surface area contributed by atoms with Gasteiger partial charge in [-0.05, 0) is 25.0 Å². The van der Waals surface area contributed by atoms with Crippen LogP contribution in [0.5, 0.6) is 0 Å². The average Bonchev–Trinajstić information content (AvgIpc) is 3.26. The second kappa shape index (κ2) is 9.10. The highest BCUT2D eigenvalue weighted by Gasteiger charge is 2.41. The molecule has 9 heteroatoms. The Morgan fingerprint density at radius 2 is 1.74 bits per heavy atom. The monoisotopic (exact) mass is 445 g/mol. The molecule has 1 saturated heterocycles. The maximum Gasteiger partial charge on any atom is 0.262 e. The Hall–Kier alpha value is -2.23. The summed E-state index contributed by atoms with van der Waals surface area (Å²) in [6, 6.07) is 9.28. The van der Waals surface area contributed by atoms with Gasteiger partial charge >= 0.3 is 0 Å². The highest BCUT2D eigenvalue weighted by molar-refractivity contribution is 7.89. The zero-order chi connectivity index (χ0) is 21.9. The first kappa shape index (κ1) is 22.0. The molecular weight excluding hydrogens is 414 g/mol. The predicted octanol–water partition coefficient (Wildman–Crippen LogP) is 1.86. The molecule has 2 fully saturated rings. The fourth-order valence-electron chi connectivity index (χ4n) is 4.81. The molecule has 8 nitrogen and oxygen atoms in total. The van der Waals surface area contributed by atoms with Crippen molar-refractivity contribution in [3.8, 4) is 0 Å². The van der Waals surface area contributed by atoms with Crippen molar-refractivity contribution in [3.63, 3.8) is 0 Å².